The Bertz CT molecular complexity index is 288. The number of aliphatic hydroxyl groups is 2. The molecule has 1 rings (SSSR count). The molecule has 0 aliphatic heterocycles. The molecule has 0 amide bonds. The number of nitrogen functional groups attached to an aromatic ring is 1. The van der Waals surface area contributed by atoms with Gasteiger partial charge in [0.2, 0.25) is 0 Å². The Morgan fingerprint density at radius 3 is 2.40 bits per heavy atom. The number of anilines is 1. The van der Waals surface area contributed by atoms with Gasteiger partial charge in [-0.3, -0.25) is 4.90 Å². The van der Waals surface area contributed by atoms with Crippen molar-refractivity contribution in [3.8, 4) is 0 Å². The minimum atomic E-state index is 0.0717. The summed E-state index contributed by atoms with van der Waals surface area (Å²) in [5.74, 6) is 0.487. The number of hydrogen-bond donors (Lipinski definition) is 3. The summed E-state index contributed by atoms with van der Waals surface area (Å²) in [5.41, 5.74) is 6.40. The molecule has 0 bridgehead atoms. The second kappa shape index (κ2) is 6.34. The number of aliphatic hydroxyl groups excluding tert-OH is 2. The second-order valence-electron chi connectivity index (χ2n) is 3.28. The van der Waals surface area contributed by atoms with Gasteiger partial charge < -0.3 is 15.9 Å². The number of nitrogens with two attached hydrogens (primary N) is 1. The minimum absolute atomic E-state index is 0.0717. The Kier molecular flexibility index (Phi) is 5.03. The van der Waals surface area contributed by atoms with Crippen molar-refractivity contribution in [2.24, 2.45) is 0 Å². The van der Waals surface area contributed by atoms with Gasteiger partial charge in [-0.25, -0.2) is 4.98 Å². The van der Waals surface area contributed by atoms with E-state index in [1.54, 1.807) is 6.07 Å². The number of aromatic nitrogens is 1. The van der Waals surface area contributed by atoms with E-state index in [2.05, 4.69) is 4.98 Å². The molecular weight excluding hydrogens is 194 g/mol. The maximum absolute atomic E-state index is 8.83. The van der Waals surface area contributed by atoms with E-state index in [0.29, 0.717) is 25.5 Å². The van der Waals surface area contributed by atoms with E-state index < -0.39 is 0 Å². The van der Waals surface area contributed by atoms with E-state index in [1.165, 1.54) is 0 Å². The Balaban J connectivity index is 2.56. The number of hydrogen-bond acceptors (Lipinski definition) is 5. The quantitative estimate of drug-likeness (QED) is 0.588. The predicted octanol–water partition coefficient (Wildman–Crippen LogP) is -0.550. The maximum Gasteiger partial charge on any atom is 0.123 e. The van der Waals surface area contributed by atoms with Crippen molar-refractivity contribution >= 4 is 5.82 Å². The van der Waals surface area contributed by atoms with E-state index >= 15 is 0 Å². The Morgan fingerprint density at radius 2 is 1.87 bits per heavy atom. The topological polar surface area (TPSA) is 82.6 Å². The summed E-state index contributed by atoms with van der Waals surface area (Å²) >= 11 is 0. The number of rotatable bonds is 6. The summed E-state index contributed by atoms with van der Waals surface area (Å²) in [6.07, 6.45) is 0. The smallest absolute Gasteiger partial charge is 0.123 e. The molecule has 0 saturated heterocycles. The molecule has 0 unspecified atom stereocenters. The molecule has 0 atom stereocenters. The molecule has 1 aromatic rings. The molecule has 4 N–H and O–H groups in total. The zero-order valence-electron chi connectivity index (χ0n) is 8.63. The summed E-state index contributed by atoms with van der Waals surface area (Å²) in [7, 11) is 0. The maximum atomic E-state index is 8.83. The van der Waals surface area contributed by atoms with Gasteiger partial charge in [0.25, 0.3) is 0 Å². The average Bonchev–Trinajstić information content (AvgIpc) is 2.18. The normalized spacial score (nSPS) is 10.9. The van der Waals surface area contributed by atoms with Gasteiger partial charge in [0.05, 0.1) is 18.9 Å². The lowest BCUT2D eigenvalue weighted by Crippen LogP contribution is -2.29. The van der Waals surface area contributed by atoms with E-state index in [-0.39, 0.29) is 13.2 Å². The second-order valence-corrected chi connectivity index (χ2v) is 3.28. The Labute approximate surface area is 89.2 Å². The fourth-order valence-corrected chi connectivity index (χ4v) is 1.37. The van der Waals surface area contributed by atoms with Crippen LogP contribution in [0.1, 0.15) is 5.69 Å². The van der Waals surface area contributed by atoms with Crippen LogP contribution in [-0.4, -0.2) is 46.4 Å². The predicted molar refractivity (Wildman–Crippen MR) is 58.1 cm³/mol. The van der Waals surface area contributed by atoms with Crippen LogP contribution in [0, 0.1) is 0 Å². The zero-order valence-corrected chi connectivity index (χ0v) is 8.63. The van der Waals surface area contributed by atoms with Crippen LogP contribution in [0.25, 0.3) is 0 Å². The molecule has 0 spiro atoms. The summed E-state index contributed by atoms with van der Waals surface area (Å²) in [6, 6.07) is 5.44. The highest BCUT2D eigenvalue weighted by Gasteiger charge is 2.05. The van der Waals surface area contributed by atoms with Gasteiger partial charge >= 0.3 is 0 Å². The van der Waals surface area contributed by atoms with E-state index in [4.69, 9.17) is 15.9 Å². The highest BCUT2D eigenvalue weighted by atomic mass is 16.3. The van der Waals surface area contributed by atoms with Crippen molar-refractivity contribution in [1.29, 1.82) is 0 Å². The van der Waals surface area contributed by atoms with Crippen molar-refractivity contribution in [3.05, 3.63) is 23.9 Å². The lowest BCUT2D eigenvalue weighted by atomic mass is 10.3. The van der Waals surface area contributed by atoms with Gasteiger partial charge in [-0.1, -0.05) is 6.07 Å². The van der Waals surface area contributed by atoms with Crippen LogP contribution in [0.5, 0.6) is 0 Å². The number of nitrogens with zero attached hydrogens (tertiary/aromatic N) is 2. The van der Waals surface area contributed by atoms with Crippen LogP contribution in [0.15, 0.2) is 18.2 Å². The molecular formula is C10H17N3O2. The molecule has 0 saturated carbocycles. The standard InChI is InChI=1S/C10H17N3O2/c11-10-3-1-2-9(12-10)8-13(4-6-14)5-7-15/h1-3,14-15H,4-8H2,(H2,11,12). The van der Waals surface area contributed by atoms with Gasteiger partial charge in [-0.15, -0.1) is 0 Å². The van der Waals surface area contributed by atoms with E-state index in [1.807, 2.05) is 17.0 Å². The summed E-state index contributed by atoms with van der Waals surface area (Å²) < 4.78 is 0. The van der Waals surface area contributed by atoms with E-state index in [9.17, 15) is 0 Å². The third-order valence-electron chi connectivity index (χ3n) is 2.05. The Morgan fingerprint density at radius 1 is 1.20 bits per heavy atom. The molecule has 15 heavy (non-hydrogen) atoms. The van der Waals surface area contributed by atoms with Crippen molar-refractivity contribution in [1.82, 2.24) is 9.88 Å². The molecule has 5 heteroatoms. The van der Waals surface area contributed by atoms with Gasteiger partial charge in [-0.2, -0.15) is 0 Å². The lowest BCUT2D eigenvalue weighted by molar-refractivity contribution is 0.155. The van der Waals surface area contributed by atoms with Gasteiger partial charge in [0, 0.05) is 19.6 Å². The molecule has 1 aromatic heterocycles. The highest BCUT2D eigenvalue weighted by Crippen LogP contribution is 2.04. The molecule has 5 nitrogen and oxygen atoms in total. The Hall–Kier alpha value is -1.17. The first-order chi connectivity index (χ1) is 7.26. The van der Waals surface area contributed by atoms with E-state index in [0.717, 1.165) is 5.69 Å². The van der Waals surface area contributed by atoms with Crippen LogP contribution in [0.3, 0.4) is 0 Å². The molecule has 1 heterocycles. The summed E-state index contributed by atoms with van der Waals surface area (Å²) in [4.78, 5) is 6.07. The monoisotopic (exact) mass is 211 g/mol. The minimum Gasteiger partial charge on any atom is -0.395 e. The molecule has 0 aliphatic rings. The molecule has 0 radical (unpaired) electrons. The highest BCUT2D eigenvalue weighted by molar-refractivity contribution is 5.28. The zero-order chi connectivity index (χ0) is 11.1. The average molecular weight is 211 g/mol. The lowest BCUT2D eigenvalue weighted by Gasteiger charge is -2.19. The van der Waals surface area contributed by atoms with Crippen LogP contribution >= 0.6 is 0 Å². The van der Waals surface area contributed by atoms with Crippen molar-refractivity contribution < 1.29 is 10.2 Å². The third-order valence-corrected chi connectivity index (χ3v) is 2.05. The van der Waals surface area contributed by atoms with Crippen LogP contribution in [0.4, 0.5) is 5.82 Å². The van der Waals surface area contributed by atoms with Crippen LogP contribution in [0.2, 0.25) is 0 Å². The molecule has 84 valence electrons. The fraction of sp³-hybridized carbons (Fsp3) is 0.500. The third kappa shape index (κ3) is 4.24. The fourth-order valence-electron chi connectivity index (χ4n) is 1.37. The van der Waals surface area contributed by atoms with Gasteiger partial charge in [-0.05, 0) is 12.1 Å². The van der Waals surface area contributed by atoms with Crippen LogP contribution in [-0.2, 0) is 6.54 Å². The van der Waals surface area contributed by atoms with Crippen molar-refractivity contribution in [3.63, 3.8) is 0 Å². The largest absolute Gasteiger partial charge is 0.395 e. The summed E-state index contributed by atoms with van der Waals surface area (Å²) in [6.45, 7) is 1.78. The molecule has 0 fully saturated rings. The summed E-state index contributed by atoms with van der Waals surface area (Å²) in [5, 5.41) is 17.7. The van der Waals surface area contributed by atoms with Crippen LogP contribution < -0.4 is 5.73 Å². The molecule has 0 aliphatic carbocycles. The van der Waals surface area contributed by atoms with Gasteiger partial charge in [0.1, 0.15) is 5.82 Å². The SMILES string of the molecule is Nc1cccc(CN(CCO)CCO)n1. The van der Waals surface area contributed by atoms with Gasteiger partial charge in [0.15, 0.2) is 0 Å². The number of pyridine rings is 1. The first kappa shape index (κ1) is 11.9. The first-order valence-electron chi connectivity index (χ1n) is 4.91. The van der Waals surface area contributed by atoms with Crippen molar-refractivity contribution in [2.75, 3.05) is 32.0 Å². The van der Waals surface area contributed by atoms with Crippen molar-refractivity contribution in [2.45, 2.75) is 6.54 Å². The molecule has 0 aromatic carbocycles. The first-order valence-corrected chi connectivity index (χ1v) is 4.91.